The molecule has 0 radical (unpaired) electrons. The number of carbonyl (C=O) groups is 1. The van der Waals surface area contributed by atoms with Crippen molar-refractivity contribution in [1.82, 2.24) is 0 Å². The zero-order chi connectivity index (χ0) is 17.6. The number of halogens is 1. The molecule has 0 atom stereocenters. The number of fused-ring (bicyclic) bond motifs is 1. The molecule has 3 rings (SSSR count). The second-order valence-corrected chi connectivity index (χ2v) is 6.57. The lowest BCUT2D eigenvalue weighted by Gasteiger charge is -2.10. The number of carbonyl (C=O) groups excluding carboxylic acids is 1. The fourth-order valence-electron chi connectivity index (χ4n) is 2.51. The van der Waals surface area contributed by atoms with Crippen LogP contribution in [0.2, 0.25) is 0 Å². The van der Waals surface area contributed by atoms with Crippen LogP contribution in [-0.2, 0) is 0 Å². The van der Waals surface area contributed by atoms with Crippen molar-refractivity contribution in [3.63, 3.8) is 0 Å². The number of unbranched alkanes of at least 4 members (excludes halogenated alkanes) is 1. The Morgan fingerprint density at radius 2 is 1.80 bits per heavy atom. The minimum atomic E-state index is -0.392. The number of hydrogen-bond donors (Lipinski definition) is 0. The molecular weight excluding hydrogens is 380 g/mol. The monoisotopic (exact) mass is 398 g/mol. The first-order chi connectivity index (χ1) is 12.2. The summed E-state index contributed by atoms with van der Waals surface area (Å²) >= 11 is 3.46. The molecule has 0 saturated carbocycles. The topological polar surface area (TPSA) is 35.5 Å². The van der Waals surface area contributed by atoms with Gasteiger partial charge in [0.15, 0.2) is 0 Å². The second kappa shape index (κ2) is 8.17. The quantitative estimate of drug-likeness (QED) is 0.290. The lowest BCUT2D eigenvalue weighted by Crippen LogP contribution is -2.09. The summed E-state index contributed by atoms with van der Waals surface area (Å²) in [5.74, 6) is 0.898. The van der Waals surface area contributed by atoms with E-state index in [1.807, 2.05) is 36.4 Å². The molecule has 0 bridgehead atoms. The lowest BCUT2D eigenvalue weighted by molar-refractivity contribution is 0.0737. The van der Waals surface area contributed by atoms with Gasteiger partial charge in [-0.1, -0.05) is 49.7 Å². The van der Waals surface area contributed by atoms with E-state index < -0.39 is 5.97 Å². The molecule has 0 saturated heterocycles. The molecule has 0 aliphatic heterocycles. The van der Waals surface area contributed by atoms with Crippen molar-refractivity contribution in [3.05, 3.63) is 70.7 Å². The molecule has 0 amide bonds. The highest BCUT2D eigenvalue weighted by Gasteiger charge is 2.13. The molecular formula is C21H19BrO3. The van der Waals surface area contributed by atoms with E-state index in [0.29, 0.717) is 17.9 Å². The van der Waals surface area contributed by atoms with Gasteiger partial charge in [-0.05, 0) is 52.0 Å². The van der Waals surface area contributed by atoms with Crippen LogP contribution in [0.4, 0.5) is 0 Å². The highest BCUT2D eigenvalue weighted by molar-refractivity contribution is 9.10. The minimum absolute atomic E-state index is 0.392. The highest BCUT2D eigenvalue weighted by atomic mass is 79.9. The molecule has 0 spiro atoms. The standard InChI is InChI=1S/C21H19BrO3/c1-2-3-13-24-20-12-11-16(14-18(20)22)21(23)25-19-10-6-8-15-7-4-5-9-17(15)19/h4-12,14H,2-3,13H2,1H3. The van der Waals surface area contributed by atoms with Gasteiger partial charge in [0, 0.05) is 5.39 Å². The number of hydrogen-bond acceptors (Lipinski definition) is 3. The van der Waals surface area contributed by atoms with Gasteiger partial charge in [0.25, 0.3) is 0 Å². The first-order valence-corrected chi connectivity index (χ1v) is 9.10. The van der Waals surface area contributed by atoms with E-state index in [1.54, 1.807) is 24.3 Å². The summed E-state index contributed by atoms with van der Waals surface area (Å²) in [6.45, 7) is 2.78. The van der Waals surface area contributed by atoms with Crippen molar-refractivity contribution in [1.29, 1.82) is 0 Å². The Bertz CT molecular complexity index is 884. The summed E-state index contributed by atoms with van der Waals surface area (Å²) in [6.07, 6.45) is 2.07. The average Bonchev–Trinajstić information content (AvgIpc) is 2.63. The normalized spacial score (nSPS) is 10.6. The maximum Gasteiger partial charge on any atom is 0.343 e. The van der Waals surface area contributed by atoms with Crippen molar-refractivity contribution in [2.75, 3.05) is 6.61 Å². The molecule has 0 aliphatic rings. The van der Waals surface area contributed by atoms with Gasteiger partial charge in [-0.2, -0.15) is 0 Å². The van der Waals surface area contributed by atoms with Gasteiger partial charge in [0.1, 0.15) is 11.5 Å². The lowest BCUT2D eigenvalue weighted by atomic mass is 10.1. The van der Waals surface area contributed by atoms with Crippen LogP contribution in [0.1, 0.15) is 30.1 Å². The Kier molecular flexibility index (Phi) is 5.71. The summed E-state index contributed by atoms with van der Waals surface area (Å²) < 4.78 is 12.0. The fraction of sp³-hybridized carbons (Fsp3) is 0.190. The summed E-state index contributed by atoms with van der Waals surface area (Å²) in [4.78, 5) is 12.5. The van der Waals surface area contributed by atoms with Crippen LogP contribution in [0.25, 0.3) is 10.8 Å². The number of ether oxygens (including phenoxy) is 2. The van der Waals surface area contributed by atoms with E-state index in [9.17, 15) is 4.79 Å². The second-order valence-electron chi connectivity index (χ2n) is 5.71. The summed E-state index contributed by atoms with van der Waals surface area (Å²) in [5.41, 5.74) is 0.475. The molecule has 0 unspecified atom stereocenters. The van der Waals surface area contributed by atoms with E-state index in [-0.39, 0.29) is 0 Å². The average molecular weight is 399 g/mol. The number of rotatable bonds is 6. The fourth-order valence-corrected chi connectivity index (χ4v) is 3.01. The smallest absolute Gasteiger partial charge is 0.343 e. The van der Waals surface area contributed by atoms with Crippen LogP contribution in [0, 0.1) is 0 Å². The molecule has 0 fully saturated rings. The van der Waals surface area contributed by atoms with Crippen molar-refractivity contribution in [3.8, 4) is 11.5 Å². The van der Waals surface area contributed by atoms with Crippen LogP contribution < -0.4 is 9.47 Å². The maximum absolute atomic E-state index is 12.5. The van der Waals surface area contributed by atoms with Gasteiger partial charge < -0.3 is 9.47 Å². The summed E-state index contributed by atoms with van der Waals surface area (Å²) in [5, 5.41) is 1.95. The van der Waals surface area contributed by atoms with E-state index in [2.05, 4.69) is 22.9 Å². The summed E-state index contributed by atoms with van der Waals surface area (Å²) in [6, 6.07) is 18.7. The summed E-state index contributed by atoms with van der Waals surface area (Å²) in [7, 11) is 0. The van der Waals surface area contributed by atoms with Crippen LogP contribution in [0.3, 0.4) is 0 Å². The molecule has 0 heterocycles. The third-order valence-electron chi connectivity index (χ3n) is 3.88. The van der Waals surface area contributed by atoms with Crippen molar-refractivity contribution >= 4 is 32.7 Å². The first-order valence-electron chi connectivity index (χ1n) is 8.31. The minimum Gasteiger partial charge on any atom is -0.492 e. The third kappa shape index (κ3) is 4.20. The van der Waals surface area contributed by atoms with E-state index in [1.165, 1.54) is 0 Å². The van der Waals surface area contributed by atoms with Gasteiger partial charge >= 0.3 is 5.97 Å². The van der Waals surface area contributed by atoms with Crippen LogP contribution >= 0.6 is 15.9 Å². The third-order valence-corrected chi connectivity index (χ3v) is 4.50. The van der Waals surface area contributed by atoms with E-state index in [4.69, 9.17) is 9.47 Å². The zero-order valence-corrected chi connectivity index (χ0v) is 15.6. The number of esters is 1. The Labute approximate surface area is 155 Å². The molecule has 128 valence electrons. The van der Waals surface area contributed by atoms with Gasteiger partial charge in [0.05, 0.1) is 16.6 Å². The Hall–Kier alpha value is -2.33. The van der Waals surface area contributed by atoms with Crippen LogP contribution in [0.15, 0.2) is 65.1 Å². The number of benzene rings is 3. The van der Waals surface area contributed by atoms with Crippen molar-refractivity contribution in [2.45, 2.75) is 19.8 Å². The van der Waals surface area contributed by atoms with E-state index in [0.717, 1.165) is 33.8 Å². The SMILES string of the molecule is CCCCOc1ccc(C(=O)Oc2cccc3ccccc23)cc1Br. The van der Waals surface area contributed by atoms with Crippen molar-refractivity contribution in [2.24, 2.45) is 0 Å². The molecule has 25 heavy (non-hydrogen) atoms. The molecule has 4 heteroatoms. The maximum atomic E-state index is 12.5. The largest absolute Gasteiger partial charge is 0.492 e. The van der Waals surface area contributed by atoms with Gasteiger partial charge in [-0.25, -0.2) is 4.79 Å². The van der Waals surface area contributed by atoms with Gasteiger partial charge in [-0.15, -0.1) is 0 Å². The van der Waals surface area contributed by atoms with Crippen LogP contribution in [0.5, 0.6) is 11.5 Å². The molecule has 3 nitrogen and oxygen atoms in total. The van der Waals surface area contributed by atoms with E-state index >= 15 is 0 Å². The molecule has 3 aromatic rings. The Balaban J connectivity index is 1.78. The van der Waals surface area contributed by atoms with Gasteiger partial charge in [0.2, 0.25) is 0 Å². The Morgan fingerprint density at radius 1 is 1.00 bits per heavy atom. The predicted octanol–water partition coefficient (Wildman–Crippen LogP) is 6.00. The van der Waals surface area contributed by atoms with Gasteiger partial charge in [-0.3, -0.25) is 0 Å². The zero-order valence-electron chi connectivity index (χ0n) is 14.0. The predicted molar refractivity (Wildman–Crippen MR) is 103 cm³/mol. The molecule has 3 aromatic carbocycles. The van der Waals surface area contributed by atoms with Crippen LogP contribution in [-0.4, -0.2) is 12.6 Å². The molecule has 0 aromatic heterocycles. The highest BCUT2D eigenvalue weighted by Crippen LogP contribution is 2.29. The first kappa shape index (κ1) is 17.5. The van der Waals surface area contributed by atoms with Crippen molar-refractivity contribution < 1.29 is 14.3 Å². The molecule has 0 N–H and O–H groups in total. The Morgan fingerprint density at radius 3 is 2.60 bits per heavy atom. The molecule has 0 aliphatic carbocycles.